The number of carbonyl (C=O) groups is 1. The Hall–Kier alpha value is -2.04. The summed E-state index contributed by atoms with van der Waals surface area (Å²) in [5.74, 6) is 0. The molecule has 5 nitrogen and oxygen atoms in total. The second-order valence-corrected chi connectivity index (χ2v) is 5.07. The smallest absolute Gasteiger partial charge is 0.323 e. The van der Waals surface area contributed by atoms with E-state index in [0.29, 0.717) is 6.41 Å². The molecule has 2 aromatic rings. The number of hydrogen-bond acceptors (Lipinski definition) is 2. The van der Waals surface area contributed by atoms with E-state index in [1.807, 2.05) is 25.1 Å². The second kappa shape index (κ2) is 4.33. The van der Waals surface area contributed by atoms with Crippen LogP contribution >= 0.6 is 0 Å². The molecule has 2 rings (SSSR count). The Morgan fingerprint density at radius 2 is 1.94 bits per heavy atom. The molecule has 0 aliphatic carbocycles. The fraction of sp³-hybridized carbons (Fsp3) is 0.385. The van der Waals surface area contributed by atoms with E-state index in [1.165, 1.54) is 0 Å². The third-order valence-electron chi connectivity index (χ3n) is 3.66. The molecule has 1 aromatic heterocycles. The molecule has 18 heavy (non-hydrogen) atoms. The van der Waals surface area contributed by atoms with Gasteiger partial charge in [-0.3, -0.25) is 4.79 Å². The monoisotopic (exact) mass is 247 g/mol. The summed E-state index contributed by atoms with van der Waals surface area (Å²) in [5.41, 5.74) is 2.20. The molecule has 0 saturated heterocycles. The van der Waals surface area contributed by atoms with Gasteiger partial charge < -0.3 is 15.3 Å². The lowest BCUT2D eigenvalue weighted by molar-refractivity contribution is -0.110. The fourth-order valence-electron chi connectivity index (χ4n) is 1.99. The van der Waals surface area contributed by atoms with Gasteiger partial charge in [-0.15, -0.1) is 0 Å². The van der Waals surface area contributed by atoms with E-state index in [-0.39, 0.29) is 17.1 Å². The van der Waals surface area contributed by atoms with Crippen LogP contribution in [0.5, 0.6) is 0 Å². The average molecular weight is 247 g/mol. The van der Waals surface area contributed by atoms with E-state index in [4.69, 9.17) is 0 Å². The number of amides is 1. The van der Waals surface area contributed by atoms with Gasteiger partial charge in [-0.2, -0.15) is 0 Å². The van der Waals surface area contributed by atoms with Gasteiger partial charge in [-0.1, -0.05) is 19.9 Å². The van der Waals surface area contributed by atoms with Crippen LogP contribution in [-0.4, -0.2) is 22.4 Å². The highest BCUT2D eigenvalue weighted by molar-refractivity contribution is 5.75. The molecule has 3 N–H and O–H groups in total. The van der Waals surface area contributed by atoms with Crippen LogP contribution in [0.25, 0.3) is 11.0 Å². The van der Waals surface area contributed by atoms with E-state index >= 15 is 0 Å². The molecule has 1 atom stereocenters. The minimum Gasteiger partial charge on any atom is -0.355 e. The number of rotatable bonds is 4. The van der Waals surface area contributed by atoms with Crippen LogP contribution in [0.4, 0.5) is 0 Å². The van der Waals surface area contributed by atoms with Crippen molar-refractivity contribution in [2.24, 2.45) is 0 Å². The van der Waals surface area contributed by atoms with Crippen molar-refractivity contribution in [2.75, 3.05) is 0 Å². The maximum absolute atomic E-state index is 11.2. The maximum Gasteiger partial charge on any atom is 0.323 e. The number of imidazole rings is 1. The van der Waals surface area contributed by atoms with Crippen LogP contribution in [0.1, 0.15) is 26.3 Å². The molecular weight excluding hydrogens is 230 g/mol. The molecular formula is C13H17N3O2. The number of aromatic nitrogens is 2. The van der Waals surface area contributed by atoms with Gasteiger partial charge in [0, 0.05) is 11.5 Å². The van der Waals surface area contributed by atoms with Crippen molar-refractivity contribution in [3.8, 4) is 0 Å². The number of aromatic amines is 2. The summed E-state index contributed by atoms with van der Waals surface area (Å²) < 4.78 is 0. The highest BCUT2D eigenvalue weighted by Gasteiger charge is 2.27. The van der Waals surface area contributed by atoms with Crippen LogP contribution in [0.3, 0.4) is 0 Å². The Balaban J connectivity index is 2.46. The van der Waals surface area contributed by atoms with Crippen molar-refractivity contribution < 1.29 is 4.79 Å². The van der Waals surface area contributed by atoms with Gasteiger partial charge in [-0.25, -0.2) is 4.79 Å². The number of nitrogens with one attached hydrogen (secondary N) is 3. The molecule has 0 spiro atoms. The fourth-order valence-corrected chi connectivity index (χ4v) is 1.99. The Morgan fingerprint density at radius 3 is 2.61 bits per heavy atom. The topological polar surface area (TPSA) is 77.8 Å². The second-order valence-electron chi connectivity index (χ2n) is 5.07. The Bertz CT molecular complexity index is 624. The summed E-state index contributed by atoms with van der Waals surface area (Å²) in [5, 5.41) is 2.78. The van der Waals surface area contributed by atoms with E-state index in [2.05, 4.69) is 29.1 Å². The van der Waals surface area contributed by atoms with Gasteiger partial charge in [-0.05, 0) is 24.6 Å². The van der Waals surface area contributed by atoms with E-state index < -0.39 is 0 Å². The Labute approximate surface area is 105 Å². The molecule has 0 aliphatic rings. The zero-order valence-electron chi connectivity index (χ0n) is 10.7. The zero-order chi connectivity index (χ0) is 13.3. The van der Waals surface area contributed by atoms with Crippen molar-refractivity contribution in [1.29, 1.82) is 0 Å². The molecule has 1 amide bonds. The molecule has 0 radical (unpaired) electrons. The van der Waals surface area contributed by atoms with Gasteiger partial charge in [0.05, 0.1) is 11.0 Å². The number of H-pyrrole nitrogens is 2. The lowest BCUT2D eigenvalue weighted by Crippen LogP contribution is -2.41. The van der Waals surface area contributed by atoms with Crippen molar-refractivity contribution in [3.05, 3.63) is 34.2 Å². The van der Waals surface area contributed by atoms with Gasteiger partial charge in [0.1, 0.15) is 0 Å². The minimum absolute atomic E-state index is 0.00175. The third kappa shape index (κ3) is 2.03. The standard InChI is InChI=1S/C13H17N3O2/c1-8(14-7-17)13(2,3)9-4-5-10-11(6-9)16-12(18)15-10/h4-8H,1-3H3,(H,14,17)(H2,15,16,18). The summed E-state index contributed by atoms with van der Waals surface area (Å²) in [7, 11) is 0. The quantitative estimate of drug-likeness (QED) is 0.711. The van der Waals surface area contributed by atoms with Gasteiger partial charge >= 0.3 is 5.69 Å². The van der Waals surface area contributed by atoms with Crippen LogP contribution in [-0.2, 0) is 10.2 Å². The summed E-state index contributed by atoms with van der Waals surface area (Å²) in [6.07, 6.45) is 0.711. The molecule has 1 heterocycles. The first kappa shape index (κ1) is 12.4. The Kier molecular flexibility index (Phi) is 2.98. The lowest BCUT2D eigenvalue weighted by atomic mass is 9.78. The van der Waals surface area contributed by atoms with Crippen LogP contribution < -0.4 is 11.0 Å². The first-order valence-corrected chi connectivity index (χ1v) is 5.87. The summed E-state index contributed by atoms with van der Waals surface area (Å²) in [6.45, 7) is 6.07. The summed E-state index contributed by atoms with van der Waals surface area (Å²) in [4.78, 5) is 27.2. The normalized spacial score (nSPS) is 13.5. The SMILES string of the molecule is CC(NC=O)C(C)(C)c1ccc2[nH]c(=O)[nH]c2c1. The largest absolute Gasteiger partial charge is 0.355 e. The number of fused-ring (bicyclic) bond motifs is 1. The molecule has 0 bridgehead atoms. The average Bonchev–Trinajstić information content (AvgIpc) is 2.68. The number of hydrogen-bond donors (Lipinski definition) is 3. The van der Waals surface area contributed by atoms with Crippen molar-refractivity contribution in [1.82, 2.24) is 15.3 Å². The van der Waals surface area contributed by atoms with E-state index in [9.17, 15) is 9.59 Å². The molecule has 0 fully saturated rings. The lowest BCUT2D eigenvalue weighted by Gasteiger charge is -2.32. The highest BCUT2D eigenvalue weighted by atomic mass is 16.1. The van der Waals surface area contributed by atoms with Crippen molar-refractivity contribution >= 4 is 17.4 Å². The Morgan fingerprint density at radius 1 is 1.28 bits per heavy atom. The first-order valence-electron chi connectivity index (χ1n) is 5.87. The summed E-state index contributed by atoms with van der Waals surface area (Å²) in [6, 6.07) is 5.78. The van der Waals surface area contributed by atoms with Crippen LogP contribution in [0.15, 0.2) is 23.0 Å². The number of benzene rings is 1. The van der Waals surface area contributed by atoms with Gasteiger partial charge in [0.2, 0.25) is 6.41 Å². The summed E-state index contributed by atoms with van der Waals surface area (Å²) >= 11 is 0. The maximum atomic E-state index is 11.2. The van der Waals surface area contributed by atoms with Gasteiger partial charge in [0.15, 0.2) is 0 Å². The third-order valence-corrected chi connectivity index (χ3v) is 3.66. The van der Waals surface area contributed by atoms with E-state index in [1.54, 1.807) is 0 Å². The van der Waals surface area contributed by atoms with Crippen molar-refractivity contribution in [3.63, 3.8) is 0 Å². The van der Waals surface area contributed by atoms with Gasteiger partial charge in [0.25, 0.3) is 0 Å². The predicted molar refractivity (Wildman–Crippen MR) is 70.6 cm³/mol. The molecule has 0 saturated carbocycles. The van der Waals surface area contributed by atoms with Crippen LogP contribution in [0, 0.1) is 0 Å². The highest BCUT2D eigenvalue weighted by Crippen LogP contribution is 2.28. The zero-order valence-corrected chi connectivity index (χ0v) is 10.7. The molecule has 5 heteroatoms. The van der Waals surface area contributed by atoms with Crippen LogP contribution in [0.2, 0.25) is 0 Å². The molecule has 96 valence electrons. The molecule has 1 aromatic carbocycles. The minimum atomic E-state index is -0.219. The molecule has 1 unspecified atom stereocenters. The predicted octanol–water partition coefficient (Wildman–Crippen LogP) is 1.27. The van der Waals surface area contributed by atoms with E-state index in [0.717, 1.165) is 16.6 Å². The molecule has 0 aliphatic heterocycles. The van der Waals surface area contributed by atoms with Crippen molar-refractivity contribution in [2.45, 2.75) is 32.2 Å². The number of carbonyl (C=O) groups excluding carboxylic acids is 1. The first-order chi connectivity index (χ1) is 8.45.